The van der Waals surface area contributed by atoms with E-state index in [0.717, 1.165) is 17.8 Å². The van der Waals surface area contributed by atoms with Gasteiger partial charge in [-0.15, -0.1) is 0 Å². The normalized spacial score (nSPS) is 10.2. The number of aryl methyl sites for hydroxylation is 1. The van der Waals surface area contributed by atoms with E-state index in [-0.39, 0.29) is 12.1 Å². The van der Waals surface area contributed by atoms with Crippen LogP contribution in [0.3, 0.4) is 0 Å². The summed E-state index contributed by atoms with van der Waals surface area (Å²) < 4.78 is 12.8. The fourth-order valence-electron chi connectivity index (χ4n) is 1.47. The second kappa shape index (κ2) is 5.43. The zero-order valence-corrected chi connectivity index (χ0v) is 10.2. The molecule has 19 heavy (non-hydrogen) atoms. The van der Waals surface area contributed by atoms with Crippen LogP contribution in [0.2, 0.25) is 0 Å². The Morgan fingerprint density at radius 3 is 2.79 bits per heavy atom. The summed E-state index contributed by atoms with van der Waals surface area (Å²) >= 11 is 0. The van der Waals surface area contributed by atoms with E-state index in [2.05, 4.69) is 15.3 Å². The molecule has 0 aliphatic carbocycles. The van der Waals surface area contributed by atoms with Crippen LogP contribution in [0.5, 0.6) is 5.75 Å². The van der Waals surface area contributed by atoms with Gasteiger partial charge in [0.2, 0.25) is 0 Å². The third kappa shape index (κ3) is 3.25. The fourth-order valence-corrected chi connectivity index (χ4v) is 1.47. The van der Waals surface area contributed by atoms with Crippen molar-refractivity contribution >= 4 is 5.91 Å². The molecule has 0 spiro atoms. The minimum absolute atomic E-state index is 0.0153. The van der Waals surface area contributed by atoms with Gasteiger partial charge in [0.05, 0.1) is 29.7 Å². The molecule has 2 rings (SSSR count). The van der Waals surface area contributed by atoms with Crippen molar-refractivity contribution in [1.82, 2.24) is 15.3 Å². The second-order valence-corrected chi connectivity index (χ2v) is 3.99. The number of hydrogen-bond donors (Lipinski definition) is 2. The molecular formula is C13H12FN3O2. The van der Waals surface area contributed by atoms with E-state index in [9.17, 15) is 14.3 Å². The molecule has 0 radical (unpaired) electrons. The quantitative estimate of drug-likeness (QED) is 0.879. The molecule has 1 aromatic carbocycles. The predicted molar refractivity (Wildman–Crippen MR) is 66.0 cm³/mol. The summed E-state index contributed by atoms with van der Waals surface area (Å²) in [6.07, 6.45) is 3.15. The Kier molecular flexibility index (Phi) is 3.70. The fraction of sp³-hybridized carbons (Fsp3) is 0.154. The highest BCUT2D eigenvalue weighted by molar-refractivity contribution is 5.96. The van der Waals surface area contributed by atoms with Crippen LogP contribution in [0, 0.1) is 12.7 Å². The number of aromatic hydroxyl groups is 1. The predicted octanol–water partition coefficient (Wildman–Crippen LogP) is 1.56. The summed E-state index contributed by atoms with van der Waals surface area (Å²) in [6, 6.07) is 3.22. The summed E-state index contributed by atoms with van der Waals surface area (Å²) in [7, 11) is 0. The van der Waals surface area contributed by atoms with Crippen molar-refractivity contribution in [2.75, 3.05) is 0 Å². The molecule has 0 saturated heterocycles. The van der Waals surface area contributed by atoms with Crippen molar-refractivity contribution < 1.29 is 14.3 Å². The first-order chi connectivity index (χ1) is 9.06. The van der Waals surface area contributed by atoms with Crippen LogP contribution in [0.15, 0.2) is 30.6 Å². The summed E-state index contributed by atoms with van der Waals surface area (Å²) in [5, 5.41) is 12.0. The van der Waals surface area contributed by atoms with Crippen molar-refractivity contribution in [3.05, 3.63) is 53.4 Å². The van der Waals surface area contributed by atoms with Crippen LogP contribution < -0.4 is 5.32 Å². The lowest BCUT2D eigenvalue weighted by atomic mass is 10.2. The van der Waals surface area contributed by atoms with Gasteiger partial charge in [-0.1, -0.05) is 0 Å². The minimum Gasteiger partial charge on any atom is -0.507 e. The lowest BCUT2D eigenvalue weighted by Gasteiger charge is -2.06. The first-order valence-corrected chi connectivity index (χ1v) is 5.60. The van der Waals surface area contributed by atoms with E-state index < -0.39 is 17.5 Å². The van der Waals surface area contributed by atoms with Crippen molar-refractivity contribution in [2.45, 2.75) is 13.5 Å². The SMILES string of the molecule is Cc1cnc(CNC(=O)c2ccc(F)cc2O)cn1. The highest BCUT2D eigenvalue weighted by Gasteiger charge is 2.11. The lowest BCUT2D eigenvalue weighted by molar-refractivity contribution is 0.0947. The van der Waals surface area contributed by atoms with Crippen LogP contribution >= 0.6 is 0 Å². The molecule has 1 heterocycles. The average Bonchev–Trinajstić information content (AvgIpc) is 2.37. The number of phenols is 1. The number of rotatable bonds is 3. The summed E-state index contributed by atoms with van der Waals surface area (Å²) in [4.78, 5) is 19.9. The van der Waals surface area contributed by atoms with Gasteiger partial charge in [0, 0.05) is 12.3 Å². The van der Waals surface area contributed by atoms with Gasteiger partial charge in [-0.05, 0) is 19.1 Å². The molecule has 0 aliphatic rings. The van der Waals surface area contributed by atoms with E-state index in [4.69, 9.17) is 0 Å². The van der Waals surface area contributed by atoms with E-state index in [1.165, 1.54) is 6.07 Å². The molecule has 0 fully saturated rings. The van der Waals surface area contributed by atoms with Gasteiger partial charge in [-0.2, -0.15) is 0 Å². The van der Waals surface area contributed by atoms with Gasteiger partial charge in [0.1, 0.15) is 11.6 Å². The highest BCUT2D eigenvalue weighted by Crippen LogP contribution is 2.17. The van der Waals surface area contributed by atoms with Gasteiger partial charge in [0.25, 0.3) is 5.91 Å². The van der Waals surface area contributed by atoms with Crippen LogP contribution in [-0.2, 0) is 6.54 Å². The van der Waals surface area contributed by atoms with Gasteiger partial charge in [-0.25, -0.2) is 4.39 Å². The Bertz CT molecular complexity index is 599. The van der Waals surface area contributed by atoms with Gasteiger partial charge in [0.15, 0.2) is 0 Å². The molecule has 0 aliphatic heterocycles. The topological polar surface area (TPSA) is 75.1 Å². The van der Waals surface area contributed by atoms with E-state index in [0.29, 0.717) is 5.69 Å². The number of hydrogen-bond acceptors (Lipinski definition) is 4. The smallest absolute Gasteiger partial charge is 0.255 e. The van der Waals surface area contributed by atoms with Crippen molar-refractivity contribution in [2.24, 2.45) is 0 Å². The zero-order chi connectivity index (χ0) is 13.8. The molecule has 1 aromatic heterocycles. The summed E-state index contributed by atoms with van der Waals surface area (Å²) in [6.45, 7) is 1.99. The van der Waals surface area contributed by atoms with Crippen LogP contribution in [-0.4, -0.2) is 21.0 Å². The standard InChI is InChI=1S/C13H12FN3O2/c1-8-5-16-10(6-15-8)7-17-13(19)11-3-2-9(14)4-12(11)18/h2-6,18H,7H2,1H3,(H,17,19). The molecule has 0 saturated carbocycles. The largest absolute Gasteiger partial charge is 0.507 e. The monoisotopic (exact) mass is 261 g/mol. The Hall–Kier alpha value is -2.50. The first-order valence-electron chi connectivity index (χ1n) is 5.60. The number of carbonyl (C=O) groups excluding carboxylic acids is 1. The number of amides is 1. The number of phenolic OH excluding ortho intramolecular Hbond substituents is 1. The first kappa shape index (κ1) is 12.9. The van der Waals surface area contributed by atoms with E-state index in [1.807, 2.05) is 6.92 Å². The second-order valence-electron chi connectivity index (χ2n) is 3.99. The number of aromatic nitrogens is 2. The molecule has 6 heteroatoms. The third-order valence-corrected chi connectivity index (χ3v) is 2.47. The Balaban J connectivity index is 2.03. The molecule has 0 atom stereocenters. The van der Waals surface area contributed by atoms with Crippen LogP contribution in [0.25, 0.3) is 0 Å². The molecule has 2 N–H and O–H groups in total. The molecule has 0 unspecified atom stereocenters. The Morgan fingerprint density at radius 2 is 2.16 bits per heavy atom. The Morgan fingerprint density at radius 1 is 1.37 bits per heavy atom. The molecule has 1 amide bonds. The number of halogens is 1. The number of benzene rings is 1. The van der Waals surface area contributed by atoms with E-state index in [1.54, 1.807) is 12.4 Å². The van der Waals surface area contributed by atoms with Gasteiger partial charge in [-0.3, -0.25) is 14.8 Å². The van der Waals surface area contributed by atoms with Crippen LogP contribution in [0.1, 0.15) is 21.7 Å². The lowest BCUT2D eigenvalue weighted by Crippen LogP contribution is -2.23. The average molecular weight is 261 g/mol. The summed E-state index contributed by atoms with van der Waals surface area (Å²) in [5.74, 6) is -1.49. The number of nitrogens with one attached hydrogen (secondary N) is 1. The molecule has 0 bridgehead atoms. The van der Waals surface area contributed by atoms with Gasteiger partial charge >= 0.3 is 0 Å². The minimum atomic E-state index is -0.599. The maximum absolute atomic E-state index is 12.8. The zero-order valence-electron chi connectivity index (χ0n) is 10.2. The number of carbonyl (C=O) groups is 1. The summed E-state index contributed by atoms with van der Waals surface area (Å²) in [5.41, 5.74) is 1.40. The third-order valence-electron chi connectivity index (χ3n) is 2.47. The van der Waals surface area contributed by atoms with Gasteiger partial charge < -0.3 is 10.4 Å². The molecular weight excluding hydrogens is 249 g/mol. The Labute approximate surface area is 109 Å². The molecule has 98 valence electrons. The van der Waals surface area contributed by atoms with Crippen LogP contribution in [0.4, 0.5) is 4.39 Å². The van der Waals surface area contributed by atoms with Crippen molar-refractivity contribution in [3.63, 3.8) is 0 Å². The van der Waals surface area contributed by atoms with Crippen molar-refractivity contribution in [3.8, 4) is 5.75 Å². The van der Waals surface area contributed by atoms with Crippen molar-refractivity contribution in [1.29, 1.82) is 0 Å². The highest BCUT2D eigenvalue weighted by atomic mass is 19.1. The molecule has 5 nitrogen and oxygen atoms in total. The van der Waals surface area contributed by atoms with E-state index >= 15 is 0 Å². The maximum Gasteiger partial charge on any atom is 0.255 e. The number of nitrogens with zero attached hydrogens (tertiary/aromatic N) is 2. The maximum atomic E-state index is 12.8. The molecule has 2 aromatic rings.